The highest BCUT2D eigenvalue weighted by Crippen LogP contribution is 2.52. The fourth-order valence-corrected chi connectivity index (χ4v) is 4.53. The van der Waals surface area contributed by atoms with Crippen molar-refractivity contribution in [2.45, 2.75) is 55.7 Å². The Bertz CT molecular complexity index is 711. The molecule has 24 heavy (non-hydrogen) atoms. The number of aromatic nitrogens is 1. The maximum absolute atomic E-state index is 14.1. The lowest BCUT2D eigenvalue weighted by Crippen LogP contribution is -2.46. The monoisotopic (exact) mass is 326 g/mol. The van der Waals surface area contributed by atoms with Crippen LogP contribution in [-0.2, 0) is 6.42 Å². The van der Waals surface area contributed by atoms with Crippen molar-refractivity contribution in [2.24, 2.45) is 0 Å². The smallest absolute Gasteiger partial charge is 0.129 e. The van der Waals surface area contributed by atoms with Crippen LogP contribution < -0.4 is 5.32 Å². The van der Waals surface area contributed by atoms with E-state index in [0.29, 0.717) is 5.56 Å². The van der Waals surface area contributed by atoms with Gasteiger partial charge in [-0.25, -0.2) is 4.39 Å². The van der Waals surface area contributed by atoms with Gasteiger partial charge in [0.2, 0.25) is 0 Å². The number of aryl methyl sites for hydroxylation is 1. The number of benzene rings is 1. The van der Waals surface area contributed by atoms with Crippen molar-refractivity contribution in [2.75, 3.05) is 0 Å². The molecule has 4 rings (SSSR count). The van der Waals surface area contributed by atoms with Crippen LogP contribution in [0.1, 0.15) is 49.3 Å². The van der Waals surface area contributed by atoms with Crippen LogP contribution in [0.15, 0.2) is 48.8 Å². The van der Waals surface area contributed by atoms with Crippen molar-refractivity contribution in [1.29, 1.82) is 0 Å². The first kappa shape index (κ1) is 15.7. The fraction of sp³-hybridized carbons (Fsp3) is 0.450. The molecule has 1 aromatic heterocycles. The zero-order chi connectivity index (χ0) is 16.6. The van der Waals surface area contributed by atoms with Gasteiger partial charge in [0, 0.05) is 29.0 Å². The maximum Gasteiger partial charge on any atom is 0.129 e. The number of hydrogen-bond donors (Lipinski definition) is 2. The minimum atomic E-state index is -0.790. The second-order valence-electron chi connectivity index (χ2n) is 7.35. The largest absolute Gasteiger partial charge is 0.386 e. The first-order chi connectivity index (χ1) is 11.6. The normalized spacial score (nSPS) is 29.8. The van der Waals surface area contributed by atoms with E-state index in [1.54, 1.807) is 24.4 Å². The van der Waals surface area contributed by atoms with Crippen molar-refractivity contribution >= 4 is 0 Å². The highest BCUT2D eigenvalue weighted by molar-refractivity contribution is 5.28. The Kier molecular flexibility index (Phi) is 3.89. The first-order valence-corrected chi connectivity index (χ1v) is 8.73. The lowest BCUT2D eigenvalue weighted by atomic mass is 9.76. The van der Waals surface area contributed by atoms with Gasteiger partial charge in [-0.05, 0) is 56.2 Å². The van der Waals surface area contributed by atoms with Crippen molar-refractivity contribution in [3.8, 4) is 0 Å². The Morgan fingerprint density at radius 3 is 2.62 bits per heavy atom. The van der Waals surface area contributed by atoms with Gasteiger partial charge in [0.05, 0.1) is 6.10 Å². The van der Waals surface area contributed by atoms with Gasteiger partial charge in [-0.2, -0.15) is 0 Å². The van der Waals surface area contributed by atoms with Gasteiger partial charge in [0.15, 0.2) is 0 Å². The Hall–Kier alpha value is -1.78. The van der Waals surface area contributed by atoms with Crippen LogP contribution in [0.2, 0.25) is 0 Å². The van der Waals surface area contributed by atoms with Crippen LogP contribution in [0.5, 0.6) is 0 Å². The van der Waals surface area contributed by atoms with Crippen molar-refractivity contribution in [3.63, 3.8) is 0 Å². The Morgan fingerprint density at radius 2 is 1.92 bits per heavy atom. The maximum atomic E-state index is 14.1. The van der Waals surface area contributed by atoms with E-state index in [-0.39, 0.29) is 16.9 Å². The van der Waals surface area contributed by atoms with Crippen molar-refractivity contribution in [1.82, 2.24) is 10.3 Å². The molecule has 2 fully saturated rings. The van der Waals surface area contributed by atoms with Crippen LogP contribution >= 0.6 is 0 Å². The number of nitrogens with one attached hydrogen (secondary N) is 1. The summed E-state index contributed by atoms with van der Waals surface area (Å²) in [6, 6.07) is 10.7. The molecule has 0 unspecified atom stereocenters. The van der Waals surface area contributed by atoms with Crippen molar-refractivity contribution in [3.05, 3.63) is 65.7 Å². The predicted molar refractivity (Wildman–Crippen MR) is 91.0 cm³/mol. The summed E-state index contributed by atoms with van der Waals surface area (Å²) in [4.78, 5) is 4.18. The van der Waals surface area contributed by atoms with Crippen LogP contribution in [-0.4, -0.2) is 21.2 Å². The summed E-state index contributed by atoms with van der Waals surface area (Å²) in [5.41, 5.74) is 1.35. The Labute approximate surface area is 141 Å². The Morgan fingerprint density at radius 1 is 1.12 bits per heavy atom. The zero-order valence-corrected chi connectivity index (χ0v) is 13.7. The van der Waals surface area contributed by atoms with Gasteiger partial charge >= 0.3 is 0 Å². The number of pyridine rings is 1. The van der Waals surface area contributed by atoms with Gasteiger partial charge in [-0.3, -0.25) is 4.98 Å². The van der Waals surface area contributed by atoms with Crippen LogP contribution in [0.4, 0.5) is 4.39 Å². The van der Waals surface area contributed by atoms with E-state index >= 15 is 0 Å². The molecule has 2 aromatic rings. The molecule has 0 saturated carbocycles. The molecule has 2 N–H and O–H groups in total. The molecule has 0 radical (unpaired) electrons. The summed E-state index contributed by atoms with van der Waals surface area (Å²) in [5.74, 6) is -0.319. The number of rotatable bonds is 5. The fourth-order valence-electron chi connectivity index (χ4n) is 4.53. The third-order valence-corrected chi connectivity index (χ3v) is 5.95. The molecular weight excluding hydrogens is 303 g/mol. The quantitative estimate of drug-likeness (QED) is 0.883. The van der Waals surface area contributed by atoms with Gasteiger partial charge < -0.3 is 10.4 Å². The van der Waals surface area contributed by atoms with Crippen molar-refractivity contribution < 1.29 is 9.50 Å². The molecule has 0 aliphatic carbocycles. The SMILES string of the molecule is O[C@H](c1ccccc1F)C12CCC(CCc3cccnc3)(CC1)N2. The molecule has 2 bridgehead atoms. The first-order valence-electron chi connectivity index (χ1n) is 8.73. The molecule has 2 aliphatic heterocycles. The minimum absolute atomic E-state index is 0.0715. The summed E-state index contributed by atoms with van der Waals surface area (Å²) in [7, 11) is 0. The van der Waals surface area contributed by atoms with Gasteiger partial charge in [0.1, 0.15) is 5.82 Å². The van der Waals surface area contributed by atoms with E-state index in [9.17, 15) is 9.50 Å². The molecule has 3 nitrogen and oxygen atoms in total. The number of hydrogen-bond acceptors (Lipinski definition) is 3. The Balaban J connectivity index is 1.49. The molecule has 1 aromatic carbocycles. The molecule has 2 saturated heterocycles. The molecule has 0 amide bonds. The van der Waals surface area contributed by atoms with E-state index < -0.39 is 6.10 Å². The summed E-state index contributed by atoms with van der Waals surface area (Å²) in [5, 5.41) is 14.6. The van der Waals surface area contributed by atoms with Crippen LogP contribution in [0.25, 0.3) is 0 Å². The average Bonchev–Trinajstić information content (AvgIpc) is 3.19. The number of fused-ring (bicyclic) bond motifs is 2. The number of aliphatic hydroxyl groups excluding tert-OH is 1. The predicted octanol–water partition coefficient (Wildman–Crippen LogP) is 3.54. The third kappa shape index (κ3) is 2.64. The lowest BCUT2D eigenvalue weighted by molar-refractivity contribution is 0.0704. The summed E-state index contributed by atoms with van der Waals surface area (Å²) >= 11 is 0. The average molecular weight is 326 g/mol. The van der Waals surface area contributed by atoms with E-state index in [0.717, 1.165) is 38.5 Å². The van der Waals surface area contributed by atoms with E-state index in [2.05, 4.69) is 16.4 Å². The van der Waals surface area contributed by atoms with Gasteiger partial charge in [-0.15, -0.1) is 0 Å². The number of aliphatic hydroxyl groups is 1. The molecule has 1 atom stereocenters. The minimum Gasteiger partial charge on any atom is -0.386 e. The second kappa shape index (κ2) is 5.94. The summed E-state index contributed by atoms with van der Waals surface area (Å²) in [6.07, 6.45) is 8.81. The highest BCUT2D eigenvalue weighted by Gasteiger charge is 2.56. The van der Waals surface area contributed by atoms with Crippen LogP contribution in [0, 0.1) is 5.82 Å². The van der Waals surface area contributed by atoms with Crippen LogP contribution in [0.3, 0.4) is 0 Å². The zero-order valence-electron chi connectivity index (χ0n) is 13.7. The highest BCUT2D eigenvalue weighted by atomic mass is 19.1. The topological polar surface area (TPSA) is 45.2 Å². The summed E-state index contributed by atoms with van der Waals surface area (Å²) in [6.45, 7) is 0. The van der Waals surface area contributed by atoms with E-state index in [1.807, 2.05) is 12.3 Å². The number of nitrogens with zero attached hydrogens (tertiary/aromatic N) is 1. The van der Waals surface area contributed by atoms with E-state index in [4.69, 9.17) is 0 Å². The van der Waals surface area contributed by atoms with Gasteiger partial charge in [0.25, 0.3) is 0 Å². The molecule has 4 heteroatoms. The summed E-state index contributed by atoms with van der Waals surface area (Å²) < 4.78 is 14.1. The molecule has 2 aliphatic rings. The van der Waals surface area contributed by atoms with E-state index in [1.165, 1.54) is 11.6 Å². The molecule has 3 heterocycles. The lowest BCUT2D eigenvalue weighted by Gasteiger charge is -2.32. The third-order valence-electron chi connectivity index (χ3n) is 5.95. The number of halogens is 1. The molecule has 126 valence electrons. The molecular formula is C20H23FN2O. The molecule has 0 spiro atoms. The second-order valence-corrected chi connectivity index (χ2v) is 7.35. The van der Waals surface area contributed by atoms with Gasteiger partial charge in [-0.1, -0.05) is 24.3 Å². The standard InChI is InChI=1S/C20H23FN2O/c21-17-6-2-1-5-16(17)18(24)20-11-9-19(23-20,10-12-20)8-7-15-4-3-13-22-14-15/h1-6,13-14,18,23-24H,7-12H2/t18-,19?,20?/m1/s1.